The molecule has 1 aromatic rings. The van der Waals surface area contributed by atoms with E-state index in [0.29, 0.717) is 18.2 Å². The quantitative estimate of drug-likeness (QED) is 0.620. The van der Waals surface area contributed by atoms with Crippen LogP contribution in [0.1, 0.15) is 44.7 Å². The molecular weight excluding hydrogens is 306 g/mol. The lowest BCUT2D eigenvalue weighted by molar-refractivity contribution is 0.646. The van der Waals surface area contributed by atoms with Crippen molar-refractivity contribution in [2.75, 3.05) is 25.9 Å². The van der Waals surface area contributed by atoms with E-state index in [9.17, 15) is 4.21 Å². The molecule has 0 aliphatic heterocycles. The molecule has 0 fully saturated rings. The zero-order valence-electron chi connectivity index (χ0n) is 15.3. The molecule has 0 spiro atoms. The molecule has 0 heterocycles. The number of hydrogen-bond donors (Lipinski definition) is 2. The second kappa shape index (κ2) is 9.06. The Kier molecular flexibility index (Phi) is 7.76. The first-order valence-electron chi connectivity index (χ1n) is 8.13. The molecule has 2 unspecified atom stereocenters. The highest BCUT2D eigenvalue weighted by molar-refractivity contribution is 7.86. The van der Waals surface area contributed by atoms with Crippen molar-refractivity contribution in [3.8, 4) is 0 Å². The van der Waals surface area contributed by atoms with E-state index in [1.807, 2.05) is 20.8 Å². The number of aliphatic imine (C=N–C) groups is 1. The molecule has 0 amide bonds. The Labute approximate surface area is 143 Å². The van der Waals surface area contributed by atoms with Crippen LogP contribution in [0.3, 0.4) is 0 Å². The van der Waals surface area contributed by atoms with Gasteiger partial charge >= 0.3 is 0 Å². The van der Waals surface area contributed by atoms with E-state index in [2.05, 4.69) is 53.7 Å². The van der Waals surface area contributed by atoms with Crippen molar-refractivity contribution >= 4 is 16.8 Å². The van der Waals surface area contributed by atoms with Crippen LogP contribution < -0.4 is 10.6 Å². The van der Waals surface area contributed by atoms with Crippen LogP contribution in [0.5, 0.6) is 0 Å². The van der Waals surface area contributed by atoms with Crippen LogP contribution in [0, 0.1) is 6.92 Å². The monoisotopic (exact) mass is 337 g/mol. The van der Waals surface area contributed by atoms with E-state index in [4.69, 9.17) is 0 Å². The zero-order valence-corrected chi connectivity index (χ0v) is 16.1. The minimum absolute atomic E-state index is 0.168. The number of nitrogens with one attached hydrogen (secondary N) is 2. The molecule has 2 atom stereocenters. The fourth-order valence-electron chi connectivity index (χ4n) is 2.13. The van der Waals surface area contributed by atoms with Crippen LogP contribution in [0.25, 0.3) is 0 Å². The van der Waals surface area contributed by atoms with Gasteiger partial charge in [-0.05, 0) is 39.2 Å². The van der Waals surface area contributed by atoms with Crippen LogP contribution in [0.2, 0.25) is 0 Å². The van der Waals surface area contributed by atoms with Gasteiger partial charge in [0.25, 0.3) is 0 Å². The SMILES string of the molecule is CN=C(NCCS(=O)C(C)(C)C)NCC(C)c1cccc(C)c1. The summed E-state index contributed by atoms with van der Waals surface area (Å²) >= 11 is 0. The lowest BCUT2D eigenvalue weighted by Gasteiger charge is -2.19. The van der Waals surface area contributed by atoms with Gasteiger partial charge in [0, 0.05) is 41.4 Å². The summed E-state index contributed by atoms with van der Waals surface area (Å²) in [5.74, 6) is 1.78. The summed E-state index contributed by atoms with van der Waals surface area (Å²) < 4.78 is 11.9. The molecule has 1 aromatic carbocycles. The molecule has 0 aliphatic rings. The first-order chi connectivity index (χ1) is 10.7. The van der Waals surface area contributed by atoms with Gasteiger partial charge in [0.15, 0.2) is 5.96 Å². The van der Waals surface area contributed by atoms with Gasteiger partial charge in [-0.1, -0.05) is 36.8 Å². The second-order valence-electron chi connectivity index (χ2n) is 6.86. The van der Waals surface area contributed by atoms with Gasteiger partial charge < -0.3 is 10.6 Å². The highest BCUT2D eigenvalue weighted by Gasteiger charge is 2.18. The lowest BCUT2D eigenvalue weighted by Crippen LogP contribution is -2.41. The Morgan fingerprint density at radius 1 is 1.30 bits per heavy atom. The minimum atomic E-state index is -0.846. The summed E-state index contributed by atoms with van der Waals surface area (Å²) in [6.45, 7) is 11.8. The van der Waals surface area contributed by atoms with E-state index >= 15 is 0 Å². The molecule has 130 valence electrons. The number of nitrogens with zero attached hydrogens (tertiary/aromatic N) is 1. The topological polar surface area (TPSA) is 53.5 Å². The zero-order chi connectivity index (χ0) is 17.5. The van der Waals surface area contributed by atoms with Crippen LogP contribution in [0.4, 0.5) is 0 Å². The normalized spacial score (nSPS) is 15.1. The predicted molar refractivity (Wildman–Crippen MR) is 102 cm³/mol. The Hall–Kier alpha value is -1.36. The van der Waals surface area contributed by atoms with Crippen LogP contribution in [-0.2, 0) is 10.8 Å². The fourth-order valence-corrected chi connectivity index (χ4v) is 3.03. The summed E-state index contributed by atoms with van der Waals surface area (Å²) in [5, 5.41) is 6.58. The summed E-state index contributed by atoms with van der Waals surface area (Å²) in [6, 6.07) is 8.58. The van der Waals surface area contributed by atoms with E-state index in [1.54, 1.807) is 7.05 Å². The number of rotatable bonds is 6. The Morgan fingerprint density at radius 3 is 2.57 bits per heavy atom. The molecule has 1 rings (SSSR count). The smallest absolute Gasteiger partial charge is 0.191 e. The minimum Gasteiger partial charge on any atom is -0.356 e. The van der Waals surface area contributed by atoms with Crippen molar-refractivity contribution in [1.29, 1.82) is 0 Å². The van der Waals surface area contributed by atoms with E-state index in [1.165, 1.54) is 11.1 Å². The third-order valence-electron chi connectivity index (χ3n) is 3.67. The van der Waals surface area contributed by atoms with E-state index < -0.39 is 10.8 Å². The van der Waals surface area contributed by atoms with Crippen LogP contribution in [-0.4, -0.2) is 40.8 Å². The van der Waals surface area contributed by atoms with Crippen molar-refractivity contribution < 1.29 is 4.21 Å². The van der Waals surface area contributed by atoms with Gasteiger partial charge in [0.1, 0.15) is 0 Å². The summed E-state index contributed by atoms with van der Waals surface area (Å²) in [7, 11) is 0.911. The fraction of sp³-hybridized carbons (Fsp3) is 0.611. The maximum atomic E-state index is 12.0. The standard InChI is InChI=1S/C18H31N3OS/c1-14-8-7-9-16(12-14)15(2)13-21-17(19-6)20-10-11-23(22)18(3,4)5/h7-9,12,15H,10-11,13H2,1-6H3,(H2,19,20,21). The molecule has 0 saturated heterocycles. The van der Waals surface area contributed by atoms with E-state index in [0.717, 1.165) is 12.5 Å². The Bertz CT molecular complexity index is 549. The van der Waals surface area contributed by atoms with E-state index in [-0.39, 0.29) is 4.75 Å². The predicted octanol–water partition coefficient (Wildman–Crippen LogP) is 2.81. The molecule has 0 bridgehead atoms. The number of hydrogen-bond acceptors (Lipinski definition) is 2. The summed E-state index contributed by atoms with van der Waals surface area (Å²) in [4.78, 5) is 4.23. The van der Waals surface area contributed by atoms with Crippen LogP contribution >= 0.6 is 0 Å². The van der Waals surface area contributed by atoms with Crippen molar-refractivity contribution in [2.24, 2.45) is 4.99 Å². The second-order valence-corrected chi connectivity index (χ2v) is 9.18. The molecule has 2 N–H and O–H groups in total. The van der Waals surface area contributed by atoms with Gasteiger partial charge in [-0.2, -0.15) is 0 Å². The summed E-state index contributed by atoms with van der Waals surface area (Å²) in [6.07, 6.45) is 0. The highest BCUT2D eigenvalue weighted by atomic mass is 32.2. The molecule has 0 saturated carbocycles. The Morgan fingerprint density at radius 2 is 2.00 bits per heavy atom. The highest BCUT2D eigenvalue weighted by Crippen LogP contribution is 2.15. The first kappa shape index (κ1) is 19.7. The average Bonchev–Trinajstić information content (AvgIpc) is 2.49. The molecule has 4 nitrogen and oxygen atoms in total. The summed E-state index contributed by atoms with van der Waals surface area (Å²) in [5.41, 5.74) is 2.60. The number of aryl methyl sites for hydroxylation is 1. The van der Waals surface area contributed by atoms with Gasteiger partial charge in [-0.3, -0.25) is 9.20 Å². The van der Waals surface area contributed by atoms with Gasteiger partial charge in [0.05, 0.1) is 0 Å². The average molecular weight is 338 g/mol. The molecule has 23 heavy (non-hydrogen) atoms. The molecule has 0 radical (unpaired) electrons. The van der Waals surface area contributed by atoms with Gasteiger partial charge in [-0.25, -0.2) is 0 Å². The molecular formula is C18H31N3OS. The third kappa shape index (κ3) is 7.16. The maximum absolute atomic E-state index is 12.0. The third-order valence-corrected chi connectivity index (χ3v) is 5.61. The number of benzene rings is 1. The van der Waals surface area contributed by atoms with Crippen LogP contribution in [0.15, 0.2) is 29.3 Å². The Balaban J connectivity index is 2.41. The molecule has 0 aliphatic carbocycles. The van der Waals surface area contributed by atoms with Gasteiger partial charge in [0.2, 0.25) is 0 Å². The van der Waals surface area contributed by atoms with Gasteiger partial charge in [-0.15, -0.1) is 0 Å². The number of guanidine groups is 1. The largest absolute Gasteiger partial charge is 0.356 e. The van der Waals surface area contributed by atoms with Crippen molar-refractivity contribution in [3.05, 3.63) is 35.4 Å². The lowest BCUT2D eigenvalue weighted by atomic mass is 9.99. The van der Waals surface area contributed by atoms with Crippen molar-refractivity contribution in [3.63, 3.8) is 0 Å². The first-order valence-corrected chi connectivity index (χ1v) is 9.45. The van der Waals surface area contributed by atoms with Crippen molar-refractivity contribution in [2.45, 2.75) is 45.3 Å². The maximum Gasteiger partial charge on any atom is 0.191 e. The molecule has 0 aromatic heterocycles. The van der Waals surface area contributed by atoms with Crippen molar-refractivity contribution in [1.82, 2.24) is 10.6 Å². The molecule has 5 heteroatoms.